The van der Waals surface area contributed by atoms with E-state index in [-0.39, 0.29) is 0 Å². The molecule has 0 unspecified atom stereocenters. The van der Waals surface area contributed by atoms with Gasteiger partial charge in [-0.05, 0) is 0 Å². The van der Waals surface area contributed by atoms with E-state index in [0.717, 1.165) is 0 Å². The topological polar surface area (TPSA) is 83.5 Å². The molecule has 0 bridgehead atoms. The lowest BCUT2D eigenvalue weighted by Gasteiger charge is -2.18. The van der Waals surface area contributed by atoms with Crippen LogP contribution in [0.15, 0.2) is 12.4 Å². The largest absolute Gasteiger partial charge is 0.743 e. The molecule has 0 amide bonds. The molecule has 0 aliphatic rings. The lowest BCUT2D eigenvalue weighted by atomic mass is 10.6. The summed E-state index contributed by atoms with van der Waals surface area (Å²) in [6.45, 7) is 0.363. The fraction of sp³-hybridized carbons (Fsp3) is 0.400. The lowest BCUT2D eigenvalue weighted by Crippen LogP contribution is -2.34. The molecule has 0 aromatic carbocycles. The highest BCUT2D eigenvalue weighted by molar-refractivity contribution is 7.86. The van der Waals surface area contributed by atoms with Crippen LogP contribution >= 0.6 is 0 Å². The normalized spacial score (nSPS) is 12.3. The molecule has 0 aliphatic carbocycles. The van der Waals surface area contributed by atoms with Gasteiger partial charge in [0.05, 0.1) is 0 Å². The van der Waals surface area contributed by atoms with Gasteiger partial charge >= 0.3 is 11.2 Å². The molecule has 5 nitrogen and oxygen atoms in total. The first-order valence-electron chi connectivity index (χ1n) is 2.93. The molecule has 0 aromatic heterocycles. The van der Waals surface area contributed by atoms with Crippen LogP contribution in [-0.4, -0.2) is 30.8 Å². The quantitative estimate of drug-likeness (QED) is 0.392. The summed E-state index contributed by atoms with van der Waals surface area (Å²) in [4.78, 5) is 10.2. The summed E-state index contributed by atoms with van der Waals surface area (Å²) in [6.07, 6.45) is 0. The van der Waals surface area contributed by atoms with E-state index in [9.17, 15) is 30.9 Å². The highest BCUT2D eigenvalue weighted by Crippen LogP contribution is 2.20. The molecule has 0 N–H and O–H groups in total. The number of hydrogen-bond acceptors (Lipinski definition) is 5. The number of halogens is 3. The van der Waals surface area contributed by atoms with E-state index >= 15 is 0 Å². The third-order valence-corrected chi connectivity index (χ3v) is 1.81. The van der Waals surface area contributed by atoms with Crippen molar-refractivity contribution in [1.29, 1.82) is 0 Å². The van der Waals surface area contributed by atoms with E-state index in [1.807, 2.05) is 0 Å². The number of rotatable bonds is 4. The van der Waals surface area contributed by atoms with Crippen molar-refractivity contribution in [3.05, 3.63) is 12.4 Å². The average Bonchev–Trinajstić information content (AvgIpc) is 1.97. The SMILES string of the molecule is C=C(F)C(=O)OCC(F)(F)S(=O)(=O)[O-]. The maximum Gasteiger partial charge on any atom is 0.367 e. The molecule has 0 saturated carbocycles. The van der Waals surface area contributed by atoms with Crippen LogP contribution in [0.5, 0.6) is 0 Å². The Hall–Kier alpha value is -1.09. The fourth-order valence-electron chi connectivity index (χ4n) is 0.300. The minimum absolute atomic E-state index is 1.68. The van der Waals surface area contributed by atoms with Crippen molar-refractivity contribution in [2.75, 3.05) is 6.61 Å². The van der Waals surface area contributed by atoms with E-state index in [0.29, 0.717) is 0 Å². The van der Waals surface area contributed by atoms with Crippen LogP contribution in [0.2, 0.25) is 0 Å². The molecule has 0 radical (unpaired) electrons. The Morgan fingerprint density at radius 2 is 1.93 bits per heavy atom. The van der Waals surface area contributed by atoms with E-state index in [2.05, 4.69) is 11.3 Å². The second-order valence-corrected chi connectivity index (χ2v) is 3.58. The Labute approximate surface area is 76.9 Å². The summed E-state index contributed by atoms with van der Waals surface area (Å²) in [6, 6.07) is 0. The van der Waals surface area contributed by atoms with Gasteiger partial charge in [-0.25, -0.2) is 13.2 Å². The third kappa shape index (κ3) is 3.34. The second-order valence-electron chi connectivity index (χ2n) is 2.07. The number of alkyl halides is 2. The fourth-order valence-corrected chi connectivity index (χ4v) is 0.503. The zero-order valence-corrected chi connectivity index (χ0v) is 7.31. The van der Waals surface area contributed by atoms with Gasteiger partial charge in [0, 0.05) is 0 Å². The van der Waals surface area contributed by atoms with Crippen LogP contribution < -0.4 is 0 Å². The molecule has 0 atom stereocenters. The van der Waals surface area contributed by atoms with Gasteiger partial charge < -0.3 is 9.29 Å². The maximum atomic E-state index is 12.2. The average molecular weight is 233 g/mol. The number of ether oxygens (including phenoxy) is 1. The molecular formula is C5H4F3O5S-. The number of carbonyl (C=O) groups excluding carboxylic acids is 1. The second kappa shape index (κ2) is 3.96. The maximum absolute atomic E-state index is 12.2. The minimum atomic E-state index is -5.94. The zero-order chi connectivity index (χ0) is 11.6. The Morgan fingerprint density at radius 1 is 1.50 bits per heavy atom. The van der Waals surface area contributed by atoms with Crippen molar-refractivity contribution in [1.82, 2.24) is 0 Å². The van der Waals surface area contributed by atoms with Crippen LogP contribution in [0.3, 0.4) is 0 Å². The van der Waals surface area contributed by atoms with Crippen molar-refractivity contribution in [3.8, 4) is 0 Å². The highest BCUT2D eigenvalue weighted by Gasteiger charge is 2.39. The van der Waals surface area contributed by atoms with Gasteiger partial charge in [0.25, 0.3) is 0 Å². The Bertz CT molecular complexity index is 346. The summed E-state index contributed by atoms with van der Waals surface area (Å²) in [7, 11) is -5.94. The summed E-state index contributed by atoms with van der Waals surface area (Å²) in [5.41, 5.74) is 0. The van der Waals surface area contributed by atoms with Gasteiger partial charge in [0.1, 0.15) is 0 Å². The van der Waals surface area contributed by atoms with Gasteiger partial charge in [-0.15, -0.1) is 0 Å². The molecular weight excluding hydrogens is 229 g/mol. The first-order valence-corrected chi connectivity index (χ1v) is 4.33. The minimum Gasteiger partial charge on any atom is -0.743 e. The molecule has 0 spiro atoms. The highest BCUT2D eigenvalue weighted by atomic mass is 32.2. The van der Waals surface area contributed by atoms with E-state index in [4.69, 9.17) is 0 Å². The van der Waals surface area contributed by atoms with Crippen molar-refractivity contribution in [2.45, 2.75) is 5.25 Å². The Morgan fingerprint density at radius 3 is 2.21 bits per heavy atom. The summed E-state index contributed by atoms with van der Waals surface area (Å²) < 4.78 is 69.2. The van der Waals surface area contributed by atoms with E-state index < -0.39 is 33.8 Å². The van der Waals surface area contributed by atoms with Crippen LogP contribution in [-0.2, 0) is 19.6 Å². The monoisotopic (exact) mass is 233 g/mol. The molecule has 0 heterocycles. The van der Waals surface area contributed by atoms with Gasteiger partial charge in [-0.2, -0.15) is 13.2 Å². The van der Waals surface area contributed by atoms with Crippen LogP contribution in [0.1, 0.15) is 0 Å². The number of esters is 1. The van der Waals surface area contributed by atoms with E-state index in [1.165, 1.54) is 0 Å². The van der Waals surface area contributed by atoms with Crippen LogP contribution in [0.25, 0.3) is 0 Å². The zero-order valence-electron chi connectivity index (χ0n) is 6.50. The van der Waals surface area contributed by atoms with Crippen molar-refractivity contribution in [2.24, 2.45) is 0 Å². The van der Waals surface area contributed by atoms with Gasteiger partial charge in [0.15, 0.2) is 16.7 Å². The summed E-state index contributed by atoms with van der Waals surface area (Å²) in [5, 5.41) is -4.78. The van der Waals surface area contributed by atoms with Crippen molar-refractivity contribution < 1.29 is 35.7 Å². The van der Waals surface area contributed by atoms with E-state index in [1.54, 1.807) is 0 Å². The van der Waals surface area contributed by atoms with Crippen molar-refractivity contribution >= 4 is 16.1 Å². The molecule has 0 fully saturated rings. The standard InChI is InChI=1S/C5H5F3O5S/c1-3(6)4(9)13-2-5(7,8)14(10,11)12/h1-2H2,(H,10,11,12)/p-1. The first kappa shape index (κ1) is 12.9. The van der Waals surface area contributed by atoms with Crippen molar-refractivity contribution in [3.63, 3.8) is 0 Å². The number of carbonyl (C=O) groups is 1. The summed E-state index contributed by atoms with van der Waals surface area (Å²) >= 11 is 0. The molecule has 0 aromatic rings. The molecule has 9 heteroatoms. The molecule has 0 aliphatic heterocycles. The molecule has 82 valence electrons. The summed E-state index contributed by atoms with van der Waals surface area (Å²) in [5.74, 6) is -3.53. The van der Waals surface area contributed by atoms with Gasteiger partial charge in [0.2, 0.25) is 5.83 Å². The van der Waals surface area contributed by atoms with Crippen LogP contribution in [0, 0.1) is 0 Å². The molecule has 0 rings (SSSR count). The van der Waals surface area contributed by atoms with Gasteiger partial charge in [-0.1, -0.05) is 6.58 Å². The predicted octanol–water partition coefficient (Wildman–Crippen LogP) is 0.151. The molecule has 14 heavy (non-hydrogen) atoms. The smallest absolute Gasteiger partial charge is 0.367 e. The third-order valence-electron chi connectivity index (χ3n) is 0.959. The first-order chi connectivity index (χ1) is 6.08. The number of hydrogen-bond donors (Lipinski definition) is 0. The van der Waals surface area contributed by atoms with Gasteiger partial charge in [-0.3, -0.25) is 0 Å². The predicted molar refractivity (Wildman–Crippen MR) is 35.9 cm³/mol. The molecule has 0 saturated heterocycles. The lowest BCUT2D eigenvalue weighted by molar-refractivity contribution is -0.146. The Balaban J connectivity index is 4.42. The van der Waals surface area contributed by atoms with Crippen LogP contribution in [0.4, 0.5) is 13.2 Å². The Kier molecular flexibility index (Phi) is 3.66.